The molecule has 4 aliphatic heterocycles. The van der Waals surface area contributed by atoms with Gasteiger partial charge in [-0.3, -0.25) is 0 Å². The molecule has 8 rings (SSSR count). The summed E-state index contributed by atoms with van der Waals surface area (Å²) in [6.45, 7) is 9.30. The van der Waals surface area contributed by atoms with Crippen LogP contribution in [0.15, 0.2) is 121 Å². The topological polar surface area (TPSA) is 102 Å². The fraction of sp³-hybridized carbons (Fsp3) is 0.478. The van der Waals surface area contributed by atoms with Gasteiger partial charge in [0, 0.05) is 0 Å². The minimum atomic E-state index is -0.978. The molecule has 11 nitrogen and oxygen atoms in total. The second kappa shape index (κ2) is 18.1. The average molecular weight is 783 g/mol. The molecule has 0 N–H and O–H groups in total. The lowest BCUT2D eigenvalue weighted by atomic mass is 9.97. The number of hydrogen-bond donors (Lipinski definition) is 0. The molecule has 0 saturated carbocycles. The van der Waals surface area contributed by atoms with E-state index in [2.05, 4.69) is 0 Å². The van der Waals surface area contributed by atoms with Gasteiger partial charge in [-0.2, -0.15) is 0 Å². The van der Waals surface area contributed by atoms with Crippen molar-refractivity contribution in [1.29, 1.82) is 0 Å². The molecule has 4 saturated heterocycles. The highest BCUT2D eigenvalue weighted by Gasteiger charge is 2.61. The number of ether oxygens (including phenoxy) is 11. The molecule has 0 aromatic heterocycles. The van der Waals surface area contributed by atoms with Gasteiger partial charge in [0.2, 0.25) is 0 Å². The molecule has 0 aliphatic carbocycles. The van der Waals surface area contributed by atoms with Crippen molar-refractivity contribution in [1.82, 2.24) is 0 Å². The van der Waals surface area contributed by atoms with Crippen molar-refractivity contribution in [3.8, 4) is 0 Å². The first kappa shape index (κ1) is 40.2. The van der Waals surface area contributed by atoms with Gasteiger partial charge in [-0.15, -0.1) is 0 Å². The van der Waals surface area contributed by atoms with Gasteiger partial charge in [0.05, 0.1) is 39.6 Å². The lowest BCUT2D eigenvalue weighted by molar-refractivity contribution is -0.345. The molecule has 10 atom stereocenters. The predicted molar refractivity (Wildman–Crippen MR) is 208 cm³/mol. The van der Waals surface area contributed by atoms with Crippen LogP contribution in [0.25, 0.3) is 0 Å². The van der Waals surface area contributed by atoms with Gasteiger partial charge in [-0.1, -0.05) is 121 Å². The van der Waals surface area contributed by atoms with Crippen LogP contribution in [0.4, 0.5) is 0 Å². The molecule has 4 heterocycles. The fourth-order valence-electron chi connectivity index (χ4n) is 7.85. The van der Waals surface area contributed by atoms with Gasteiger partial charge in [0.15, 0.2) is 24.2 Å². The molecule has 57 heavy (non-hydrogen) atoms. The van der Waals surface area contributed by atoms with Gasteiger partial charge < -0.3 is 52.1 Å². The van der Waals surface area contributed by atoms with Gasteiger partial charge in [0.1, 0.15) is 48.8 Å². The Kier molecular flexibility index (Phi) is 12.8. The first-order valence-electron chi connectivity index (χ1n) is 19.9. The van der Waals surface area contributed by atoms with E-state index in [-0.39, 0.29) is 13.2 Å². The van der Waals surface area contributed by atoms with Crippen LogP contribution >= 0.6 is 0 Å². The van der Waals surface area contributed by atoms with E-state index in [0.717, 1.165) is 22.3 Å². The Hall–Kier alpha value is -3.56. The Morgan fingerprint density at radius 2 is 1.02 bits per heavy atom. The lowest BCUT2D eigenvalue weighted by Crippen LogP contribution is -2.63. The highest BCUT2D eigenvalue weighted by molar-refractivity contribution is 5.16. The molecular formula is C46H54O11. The first-order valence-corrected chi connectivity index (χ1v) is 19.9. The molecular weight excluding hydrogens is 728 g/mol. The standard InChI is InChI=1S/C46H54O11/c1-45(2)51-30-36(55-45)38-40(42-44(53-38)57-46(3,4)56-42)54-43-41(50-28-34-23-15-8-16-24-34)39(49-27-33-21-13-7-14-22-33)37(48-26-32-19-11-6-12-20-32)35(52-43)29-47-25-31-17-9-5-10-18-31/h5-24,35-44H,25-30H2,1-4H3. The van der Waals surface area contributed by atoms with E-state index < -0.39 is 73.0 Å². The van der Waals surface area contributed by atoms with E-state index in [1.165, 1.54) is 0 Å². The Bertz CT molecular complexity index is 1810. The molecule has 0 spiro atoms. The SMILES string of the molecule is CC1(C)OCC(C2OC3OC(C)(C)OC3C2OC2OC(COCc3ccccc3)C(OCc3ccccc3)C(OCc3ccccc3)C2OCc2ccccc2)O1. The number of rotatable bonds is 16. The maximum absolute atomic E-state index is 7.14. The molecule has 11 heteroatoms. The van der Waals surface area contributed by atoms with Crippen LogP contribution < -0.4 is 0 Å². The predicted octanol–water partition coefficient (Wildman–Crippen LogP) is 7.10. The number of hydrogen-bond acceptors (Lipinski definition) is 11. The van der Waals surface area contributed by atoms with E-state index in [9.17, 15) is 0 Å². The van der Waals surface area contributed by atoms with Crippen LogP contribution in [0.1, 0.15) is 49.9 Å². The van der Waals surface area contributed by atoms with Crippen LogP contribution in [0.5, 0.6) is 0 Å². The summed E-state index contributed by atoms with van der Waals surface area (Å²) in [4.78, 5) is 0. The number of fused-ring (bicyclic) bond motifs is 1. The minimum absolute atomic E-state index is 0.196. The smallest absolute Gasteiger partial charge is 0.190 e. The van der Waals surface area contributed by atoms with Crippen LogP contribution in [-0.2, 0) is 78.5 Å². The summed E-state index contributed by atoms with van der Waals surface area (Å²) in [6.07, 6.45) is -6.67. The van der Waals surface area contributed by atoms with E-state index in [1.807, 2.05) is 149 Å². The molecule has 0 bridgehead atoms. The molecule has 4 fully saturated rings. The van der Waals surface area contributed by atoms with Crippen LogP contribution in [-0.4, -0.2) is 86.2 Å². The maximum atomic E-state index is 7.14. The lowest BCUT2D eigenvalue weighted by Gasteiger charge is -2.47. The van der Waals surface area contributed by atoms with E-state index in [4.69, 9.17) is 52.1 Å². The Balaban J connectivity index is 1.14. The Labute approximate surface area is 335 Å². The summed E-state index contributed by atoms with van der Waals surface area (Å²) < 4.78 is 72.8. The number of benzene rings is 4. The summed E-state index contributed by atoms with van der Waals surface area (Å²) in [5, 5.41) is 0. The van der Waals surface area contributed by atoms with E-state index in [1.54, 1.807) is 0 Å². The van der Waals surface area contributed by atoms with Crippen molar-refractivity contribution in [2.24, 2.45) is 0 Å². The third kappa shape index (κ3) is 10.2. The molecule has 304 valence electrons. The molecule has 4 aromatic rings. The van der Waals surface area contributed by atoms with Crippen molar-refractivity contribution >= 4 is 0 Å². The van der Waals surface area contributed by atoms with Gasteiger partial charge in [-0.05, 0) is 49.9 Å². The van der Waals surface area contributed by atoms with Crippen LogP contribution in [0.3, 0.4) is 0 Å². The zero-order chi connectivity index (χ0) is 39.2. The van der Waals surface area contributed by atoms with Crippen molar-refractivity contribution in [2.75, 3.05) is 13.2 Å². The summed E-state index contributed by atoms with van der Waals surface area (Å²) in [6, 6.07) is 40.2. The third-order valence-corrected chi connectivity index (χ3v) is 10.6. The monoisotopic (exact) mass is 782 g/mol. The second-order valence-electron chi connectivity index (χ2n) is 15.9. The second-order valence-corrected chi connectivity index (χ2v) is 15.9. The third-order valence-electron chi connectivity index (χ3n) is 10.6. The van der Waals surface area contributed by atoms with E-state index >= 15 is 0 Å². The zero-order valence-electron chi connectivity index (χ0n) is 33.1. The molecule has 0 radical (unpaired) electrons. The normalized spacial score (nSPS) is 31.6. The van der Waals surface area contributed by atoms with E-state index in [0.29, 0.717) is 26.4 Å². The van der Waals surface area contributed by atoms with Crippen molar-refractivity contribution in [3.05, 3.63) is 144 Å². The van der Waals surface area contributed by atoms with Gasteiger partial charge in [0.25, 0.3) is 0 Å². The molecule has 0 amide bonds. The zero-order valence-corrected chi connectivity index (χ0v) is 33.1. The summed E-state index contributed by atoms with van der Waals surface area (Å²) >= 11 is 0. The molecule has 4 aliphatic rings. The largest absolute Gasteiger partial charge is 0.374 e. The Morgan fingerprint density at radius 3 is 1.54 bits per heavy atom. The average Bonchev–Trinajstić information content (AvgIpc) is 3.85. The fourth-order valence-corrected chi connectivity index (χ4v) is 7.85. The Morgan fingerprint density at radius 1 is 0.509 bits per heavy atom. The van der Waals surface area contributed by atoms with Crippen LogP contribution in [0.2, 0.25) is 0 Å². The summed E-state index contributed by atoms with van der Waals surface area (Å²) in [5.41, 5.74) is 4.06. The quantitative estimate of drug-likeness (QED) is 0.116. The van der Waals surface area contributed by atoms with Gasteiger partial charge in [-0.25, -0.2) is 0 Å². The summed E-state index contributed by atoms with van der Waals surface area (Å²) in [7, 11) is 0. The van der Waals surface area contributed by atoms with Crippen molar-refractivity contribution in [3.63, 3.8) is 0 Å². The van der Waals surface area contributed by atoms with Crippen molar-refractivity contribution in [2.45, 2.75) is 127 Å². The van der Waals surface area contributed by atoms with Crippen molar-refractivity contribution < 1.29 is 52.1 Å². The molecule has 4 aromatic carbocycles. The van der Waals surface area contributed by atoms with Crippen LogP contribution in [0, 0.1) is 0 Å². The maximum Gasteiger partial charge on any atom is 0.190 e. The highest BCUT2D eigenvalue weighted by Crippen LogP contribution is 2.44. The first-order chi connectivity index (χ1) is 27.7. The highest BCUT2D eigenvalue weighted by atomic mass is 16.9. The minimum Gasteiger partial charge on any atom is -0.374 e. The van der Waals surface area contributed by atoms with Gasteiger partial charge >= 0.3 is 0 Å². The molecule has 10 unspecified atom stereocenters. The summed E-state index contributed by atoms with van der Waals surface area (Å²) in [5.74, 6) is -1.68.